The molecular weight excluding hydrogens is 324 g/mol. The number of hydrogen-bond acceptors (Lipinski definition) is 5. The zero-order valence-corrected chi connectivity index (χ0v) is 14.1. The summed E-state index contributed by atoms with van der Waals surface area (Å²) in [6.07, 6.45) is 1.65. The third-order valence-electron chi connectivity index (χ3n) is 3.57. The molecule has 1 heterocycles. The van der Waals surface area contributed by atoms with Gasteiger partial charge in [0.15, 0.2) is 0 Å². The van der Waals surface area contributed by atoms with Crippen LogP contribution in [0.4, 0.5) is 0 Å². The van der Waals surface area contributed by atoms with E-state index in [9.17, 15) is 9.59 Å². The number of nitrogens with zero attached hydrogens (tertiary/aromatic N) is 2. The van der Waals surface area contributed by atoms with E-state index in [1.165, 1.54) is 12.0 Å². The molecule has 1 N–H and O–H groups in total. The van der Waals surface area contributed by atoms with Crippen LogP contribution in [0.1, 0.15) is 10.4 Å². The zero-order chi connectivity index (χ0) is 18.2. The van der Waals surface area contributed by atoms with Gasteiger partial charge in [0.2, 0.25) is 0 Å². The number of methoxy groups -OCH3 is 2. The number of aliphatic carboxylic acids is 1. The van der Waals surface area contributed by atoms with Gasteiger partial charge in [0, 0.05) is 31.0 Å². The summed E-state index contributed by atoms with van der Waals surface area (Å²) >= 11 is 0. The number of amides is 1. The first-order valence-electron chi connectivity index (χ1n) is 7.66. The summed E-state index contributed by atoms with van der Waals surface area (Å²) in [5, 5.41) is 9.03. The normalized spacial score (nSPS) is 10.3. The Kier molecular flexibility index (Phi) is 6.47. The van der Waals surface area contributed by atoms with Crippen LogP contribution in [0.3, 0.4) is 0 Å². The summed E-state index contributed by atoms with van der Waals surface area (Å²) in [6, 6.07) is 10.4. The van der Waals surface area contributed by atoms with Gasteiger partial charge in [0.05, 0.1) is 19.4 Å². The molecule has 0 aliphatic carbocycles. The quantitative estimate of drug-likeness (QED) is 0.787. The van der Waals surface area contributed by atoms with Gasteiger partial charge < -0.3 is 19.5 Å². The predicted molar refractivity (Wildman–Crippen MR) is 91.6 cm³/mol. The Hall–Kier alpha value is -2.93. The molecule has 1 amide bonds. The molecular formula is C18H20N2O5. The van der Waals surface area contributed by atoms with Gasteiger partial charge in [-0.3, -0.25) is 14.6 Å². The van der Waals surface area contributed by atoms with Crippen molar-refractivity contribution in [3.63, 3.8) is 0 Å². The molecule has 2 rings (SSSR count). The van der Waals surface area contributed by atoms with Crippen molar-refractivity contribution in [2.24, 2.45) is 0 Å². The zero-order valence-electron chi connectivity index (χ0n) is 14.1. The monoisotopic (exact) mass is 344 g/mol. The van der Waals surface area contributed by atoms with Crippen LogP contribution in [0.25, 0.3) is 11.3 Å². The van der Waals surface area contributed by atoms with Crippen LogP contribution < -0.4 is 4.74 Å². The second-order valence-electron chi connectivity index (χ2n) is 5.24. The van der Waals surface area contributed by atoms with E-state index < -0.39 is 12.5 Å². The molecule has 0 radical (unpaired) electrons. The Labute approximate surface area is 145 Å². The number of rotatable bonds is 8. The number of pyridine rings is 1. The van der Waals surface area contributed by atoms with Crippen LogP contribution in [0.5, 0.6) is 5.75 Å². The molecule has 132 valence electrons. The van der Waals surface area contributed by atoms with Crippen molar-refractivity contribution in [3.05, 3.63) is 48.2 Å². The standard InChI is InChI=1S/C18H20N2O5/c1-24-10-9-20(12-17(21)22)18(23)13-6-7-16(25-2)14(11-13)15-5-3-4-8-19-15/h3-8,11H,9-10,12H2,1-2H3,(H,21,22). The fraction of sp³-hybridized carbons (Fsp3) is 0.278. The number of benzene rings is 1. The minimum atomic E-state index is -1.08. The molecule has 7 heteroatoms. The van der Waals surface area contributed by atoms with Crippen molar-refractivity contribution in [2.45, 2.75) is 0 Å². The lowest BCUT2D eigenvalue weighted by atomic mass is 10.0. The van der Waals surface area contributed by atoms with E-state index in [1.807, 2.05) is 12.1 Å². The largest absolute Gasteiger partial charge is 0.496 e. The summed E-state index contributed by atoms with van der Waals surface area (Å²) in [5.74, 6) is -0.890. The Balaban J connectivity index is 2.37. The highest BCUT2D eigenvalue weighted by molar-refractivity contribution is 5.97. The van der Waals surface area contributed by atoms with E-state index >= 15 is 0 Å². The smallest absolute Gasteiger partial charge is 0.323 e. The summed E-state index contributed by atoms with van der Waals surface area (Å²) in [4.78, 5) is 29.3. The Morgan fingerprint density at radius 1 is 1.20 bits per heavy atom. The van der Waals surface area contributed by atoms with Crippen LogP contribution in [0, 0.1) is 0 Å². The van der Waals surface area contributed by atoms with Gasteiger partial charge in [-0.2, -0.15) is 0 Å². The van der Waals surface area contributed by atoms with Crippen molar-refractivity contribution < 1.29 is 24.2 Å². The third-order valence-corrected chi connectivity index (χ3v) is 3.57. The van der Waals surface area contributed by atoms with Gasteiger partial charge in [-0.25, -0.2) is 0 Å². The Morgan fingerprint density at radius 2 is 2.00 bits per heavy atom. The molecule has 0 saturated carbocycles. The highest BCUT2D eigenvalue weighted by Crippen LogP contribution is 2.29. The molecule has 0 bridgehead atoms. The van der Waals surface area contributed by atoms with E-state index in [-0.39, 0.29) is 19.1 Å². The van der Waals surface area contributed by atoms with Crippen LogP contribution in [0.2, 0.25) is 0 Å². The van der Waals surface area contributed by atoms with Crippen molar-refractivity contribution in [1.82, 2.24) is 9.88 Å². The van der Waals surface area contributed by atoms with E-state index in [2.05, 4.69) is 4.98 Å². The molecule has 0 unspecified atom stereocenters. The Morgan fingerprint density at radius 3 is 2.60 bits per heavy atom. The number of carboxylic acid groups (broad SMARTS) is 1. The van der Waals surface area contributed by atoms with Crippen molar-refractivity contribution in [3.8, 4) is 17.0 Å². The van der Waals surface area contributed by atoms with E-state index in [4.69, 9.17) is 14.6 Å². The average Bonchev–Trinajstić information content (AvgIpc) is 2.64. The highest BCUT2D eigenvalue weighted by atomic mass is 16.5. The van der Waals surface area contributed by atoms with Gasteiger partial charge in [-0.15, -0.1) is 0 Å². The molecule has 1 aromatic heterocycles. The van der Waals surface area contributed by atoms with Crippen molar-refractivity contribution in [2.75, 3.05) is 33.9 Å². The van der Waals surface area contributed by atoms with Gasteiger partial charge in [-0.05, 0) is 30.3 Å². The molecule has 0 saturated heterocycles. The second kappa shape index (κ2) is 8.79. The first-order chi connectivity index (χ1) is 12.1. The van der Waals surface area contributed by atoms with Crippen LogP contribution in [-0.2, 0) is 9.53 Å². The maximum absolute atomic E-state index is 12.7. The fourth-order valence-electron chi connectivity index (χ4n) is 2.36. The number of hydrogen-bond donors (Lipinski definition) is 1. The summed E-state index contributed by atoms with van der Waals surface area (Å²) < 4.78 is 10.3. The lowest BCUT2D eigenvalue weighted by Gasteiger charge is -2.21. The number of carbonyl (C=O) groups is 2. The topological polar surface area (TPSA) is 89.0 Å². The van der Waals surface area contributed by atoms with Gasteiger partial charge in [0.25, 0.3) is 5.91 Å². The first kappa shape index (κ1) is 18.4. The number of ether oxygens (including phenoxy) is 2. The lowest BCUT2D eigenvalue weighted by Crippen LogP contribution is -2.38. The van der Waals surface area contributed by atoms with E-state index in [1.54, 1.807) is 37.6 Å². The molecule has 0 atom stereocenters. The highest BCUT2D eigenvalue weighted by Gasteiger charge is 2.20. The molecule has 7 nitrogen and oxygen atoms in total. The maximum Gasteiger partial charge on any atom is 0.323 e. The first-order valence-corrected chi connectivity index (χ1v) is 7.66. The van der Waals surface area contributed by atoms with Crippen molar-refractivity contribution in [1.29, 1.82) is 0 Å². The lowest BCUT2D eigenvalue weighted by molar-refractivity contribution is -0.137. The second-order valence-corrected chi connectivity index (χ2v) is 5.24. The SMILES string of the molecule is COCCN(CC(=O)O)C(=O)c1ccc(OC)c(-c2ccccn2)c1. The van der Waals surface area contributed by atoms with E-state index in [0.717, 1.165) is 0 Å². The number of aromatic nitrogens is 1. The molecule has 1 aromatic carbocycles. The van der Waals surface area contributed by atoms with Crippen molar-refractivity contribution >= 4 is 11.9 Å². The molecule has 0 spiro atoms. The number of carboxylic acids is 1. The average molecular weight is 344 g/mol. The molecule has 25 heavy (non-hydrogen) atoms. The minimum Gasteiger partial charge on any atom is -0.496 e. The summed E-state index contributed by atoms with van der Waals surface area (Å²) in [7, 11) is 3.04. The Bertz CT molecular complexity index is 734. The summed E-state index contributed by atoms with van der Waals surface area (Å²) in [6.45, 7) is 0.0436. The molecule has 0 aliphatic rings. The number of carbonyl (C=O) groups excluding carboxylic acids is 1. The van der Waals surface area contributed by atoms with Gasteiger partial charge >= 0.3 is 5.97 Å². The van der Waals surface area contributed by atoms with Crippen LogP contribution in [-0.4, -0.2) is 60.8 Å². The molecule has 2 aromatic rings. The third kappa shape index (κ3) is 4.77. The predicted octanol–water partition coefficient (Wildman–Crippen LogP) is 1.93. The minimum absolute atomic E-state index is 0.187. The van der Waals surface area contributed by atoms with E-state index in [0.29, 0.717) is 22.6 Å². The van der Waals surface area contributed by atoms with Gasteiger partial charge in [-0.1, -0.05) is 6.07 Å². The maximum atomic E-state index is 12.7. The van der Waals surface area contributed by atoms with Crippen LogP contribution >= 0.6 is 0 Å². The fourth-order valence-corrected chi connectivity index (χ4v) is 2.36. The van der Waals surface area contributed by atoms with Crippen LogP contribution in [0.15, 0.2) is 42.6 Å². The molecule has 0 fully saturated rings. The molecule has 0 aliphatic heterocycles. The summed E-state index contributed by atoms with van der Waals surface area (Å²) in [5.41, 5.74) is 1.69. The van der Waals surface area contributed by atoms with Gasteiger partial charge in [0.1, 0.15) is 12.3 Å².